The lowest BCUT2D eigenvalue weighted by Gasteiger charge is -2.09. The number of nitrogens with one attached hydrogen (secondary N) is 1. The quantitative estimate of drug-likeness (QED) is 0.874. The van der Waals surface area contributed by atoms with Gasteiger partial charge in [-0.2, -0.15) is 4.98 Å². The van der Waals surface area contributed by atoms with Crippen LogP contribution in [0.15, 0.2) is 30.3 Å². The van der Waals surface area contributed by atoms with Crippen molar-refractivity contribution < 1.29 is 9.47 Å². The zero-order valence-electron chi connectivity index (χ0n) is 12.0. The van der Waals surface area contributed by atoms with Crippen LogP contribution in [0.5, 0.6) is 17.4 Å². The summed E-state index contributed by atoms with van der Waals surface area (Å²) in [7, 11) is 1.63. The zero-order valence-corrected chi connectivity index (χ0v) is 12.0. The first kappa shape index (κ1) is 14.1. The second-order valence-electron chi connectivity index (χ2n) is 4.38. The van der Waals surface area contributed by atoms with Crippen molar-refractivity contribution in [2.24, 2.45) is 0 Å². The summed E-state index contributed by atoms with van der Waals surface area (Å²) in [5, 5.41) is 3.16. The molecule has 106 valence electrons. The number of nitrogens with zero attached hydrogens (tertiary/aromatic N) is 2. The van der Waals surface area contributed by atoms with Gasteiger partial charge in [0.25, 0.3) is 0 Å². The second-order valence-corrected chi connectivity index (χ2v) is 4.38. The van der Waals surface area contributed by atoms with Crippen molar-refractivity contribution in [1.29, 1.82) is 0 Å². The molecule has 0 aliphatic rings. The summed E-state index contributed by atoms with van der Waals surface area (Å²) in [5.41, 5.74) is 0.858. The van der Waals surface area contributed by atoms with Gasteiger partial charge >= 0.3 is 0 Å². The maximum absolute atomic E-state index is 5.75. The molecule has 1 aromatic heterocycles. The van der Waals surface area contributed by atoms with Gasteiger partial charge in [0.15, 0.2) is 0 Å². The molecule has 0 saturated carbocycles. The van der Waals surface area contributed by atoms with E-state index in [2.05, 4.69) is 22.2 Å². The fraction of sp³-hybridized carbons (Fsp3) is 0.333. The number of hydrogen-bond acceptors (Lipinski definition) is 5. The molecule has 0 aliphatic heterocycles. The lowest BCUT2D eigenvalue weighted by molar-refractivity contribution is 0.407. The first-order chi connectivity index (χ1) is 9.71. The molecule has 0 atom stereocenters. The second kappa shape index (κ2) is 6.75. The van der Waals surface area contributed by atoms with Crippen LogP contribution in [0.1, 0.15) is 19.0 Å². The van der Waals surface area contributed by atoms with Crippen molar-refractivity contribution in [3.05, 3.63) is 36.0 Å². The number of benzene rings is 1. The molecule has 0 spiro atoms. The summed E-state index contributed by atoms with van der Waals surface area (Å²) in [4.78, 5) is 8.66. The van der Waals surface area contributed by atoms with Gasteiger partial charge in [-0.15, -0.1) is 0 Å². The molecule has 5 nitrogen and oxygen atoms in total. The van der Waals surface area contributed by atoms with Crippen molar-refractivity contribution >= 4 is 5.95 Å². The topological polar surface area (TPSA) is 56.3 Å². The minimum atomic E-state index is 0.518. The van der Waals surface area contributed by atoms with E-state index in [9.17, 15) is 0 Å². The van der Waals surface area contributed by atoms with Crippen molar-refractivity contribution in [1.82, 2.24) is 9.97 Å². The molecule has 2 aromatic rings. The van der Waals surface area contributed by atoms with E-state index in [1.54, 1.807) is 13.2 Å². The molecule has 1 aromatic carbocycles. The lowest BCUT2D eigenvalue weighted by atomic mass is 10.3. The number of aromatic nitrogens is 2. The van der Waals surface area contributed by atoms with E-state index in [1.165, 1.54) is 0 Å². The van der Waals surface area contributed by atoms with E-state index in [1.807, 2.05) is 31.2 Å². The molecule has 0 bridgehead atoms. The van der Waals surface area contributed by atoms with Gasteiger partial charge in [-0.1, -0.05) is 13.0 Å². The van der Waals surface area contributed by atoms with E-state index in [-0.39, 0.29) is 0 Å². The molecule has 1 N–H and O–H groups in total. The van der Waals surface area contributed by atoms with Gasteiger partial charge in [0.1, 0.15) is 11.5 Å². The Morgan fingerprint density at radius 1 is 1.15 bits per heavy atom. The lowest BCUT2D eigenvalue weighted by Crippen LogP contribution is -2.05. The summed E-state index contributed by atoms with van der Waals surface area (Å²) in [5.74, 6) is 2.54. The average Bonchev–Trinajstić information content (AvgIpc) is 2.44. The van der Waals surface area contributed by atoms with Gasteiger partial charge in [-0.05, 0) is 25.5 Å². The summed E-state index contributed by atoms with van der Waals surface area (Å²) in [6.07, 6.45) is 1.02. The third-order valence-corrected chi connectivity index (χ3v) is 2.63. The minimum absolute atomic E-state index is 0.518. The van der Waals surface area contributed by atoms with Crippen LogP contribution in [0, 0.1) is 6.92 Å². The molecule has 5 heteroatoms. The minimum Gasteiger partial charge on any atom is -0.497 e. The van der Waals surface area contributed by atoms with Crippen LogP contribution in [-0.4, -0.2) is 23.6 Å². The fourth-order valence-corrected chi connectivity index (χ4v) is 1.69. The standard InChI is InChI=1S/C15H19N3O2/c1-4-8-16-15-17-11(2)9-14(18-15)20-13-7-5-6-12(10-13)19-3/h5-7,9-10H,4,8H2,1-3H3,(H,16,17,18). The molecule has 0 amide bonds. The molecular weight excluding hydrogens is 254 g/mol. The van der Waals surface area contributed by atoms with E-state index >= 15 is 0 Å². The maximum atomic E-state index is 5.75. The molecule has 0 fully saturated rings. The van der Waals surface area contributed by atoms with Crippen molar-refractivity contribution in [3.8, 4) is 17.4 Å². The van der Waals surface area contributed by atoms with Crippen LogP contribution in [0.3, 0.4) is 0 Å². The molecule has 20 heavy (non-hydrogen) atoms. The van der Waals surface area contributed by atoms with Crippen LogP contribution in [0.4, 0.5) is 5.95 Å². The molecule has 1 heterocycles. The van der Waals surface area contributed by atoms with Crippen molar-refractivity contribution in [2.75, 3.05) is 19.0 Å². The predicted molar refractivity (Wildman–Crippen MR) is 78.6 cm³/mol. The number of ether oxygens (including phenoxy) is 2. The van der Waals surface area contributed by atoms with Gasteiger partial charge in [0, 0.05) is 24.4 Å². The zero-order chi connectivity index (χ0) is 14.4. The van der Waals surface area contributed by atoms with Gasteiger partial charge in [0.05, 0.1) is 7.11 Å². The number of hydrogen-bond donors (Lipinski definition) is 1. The maximum Gasteiger partial charge on any atom is 0.226 e. The van der Waals surface area contributed by atoms with Gasteiger partial charge in [0.2, 0.25) is 11.8 Å². The number of aryl methyl sites for hydroxylation is 1. The van der Waals surface area contributed by atoms with Crippen molar-refractivity contribution in [3.63, 3.8) is 0 Å². The molecule has 0 unspecified atom stereocenters. The summed E-state index contributed by atoms with van der Waals surface area (Å²) in [6.45, 7) is 4.84. The Morgan fingerprint density at radius 2 is 1.95 bits per heavy atom. The number of methoxy groups -OCH3 is 1. The van der Waals surface area contributed by atoms with Gasteiger partial charge in [-0.25, -0.2) is 4.98 Å². The average molecular weight is 273 g/mol. The van der Waals surface area contributed by atoms with Crippen LogP contribution in [0.25, 0.3) is 0 Å². The highest BCUT2D eigenvalue weighted by molar-refractivity contribution is 5.37. The van der Waals surface area contributed by atoms with E-state index in [4.69, 9.17) is 9.47 Å². The monoisotopic (exact) mass is 273 g/mol. The first-order valence-corrected chi connectivity index (χ1v) is 6.62. The fourth-order valence-electron chi connectivity index (χ4n) is 1.69. The summed E-state index contributed by atoms with van der Waals surface area (Å²) < 4.78 is 10.9. The third-order valence-electron chi connectivity index (χ3n) is 2.63. The smallest absolute Gasteiger partial charge is 0.226 e. The van der Waals surface area contributed by atoms with Crippen LogP contribution >= 0.6 is 0 Å². The Morgan fingerprint density at radius 3 is 2.70 bits per heavy atom. The largest absolute Gasteiger partial charge is 0.497 e. The molecular formula is C15H19N3O2. The number of anilines is 1. The summed E-state index contributed by atoms with van der Waals surface area (Å²) in [6, 6.07) is 9.22. The molecule has 0 radical (unpaired) electrons. The van der Waals surface area contributed by atoms with Crippen LogP contribution in [0.2, 0.25) is 0 Å². The van der Waals surface area contributed by atoms with E-state index < -0.39 is 0 Å². The third kappa shape index (κ3) is 3.85. The Bertz CT molecular complexity index is 573. The predicted octanol–water partition coefficient (Wildman–Crippen LogP) is 3.41. The summed E-state index contributed by atoms with van der Waals surface area (Å²) >= 11 is 0. The first-order valence-electron chi connectivity index (χ1n) is 6.62. The molecule has 2 rings (SSSR count). The Hall–Kier alpha value is -2.30. The highest BCUT2D eigenvalue weighted by Crippen LogP contribution is 2.24. The Labute approximate surface area is 119 Å². The molecule has 0 aliphatic carbocycles. The van der Waals surface area contributed by atoms with E-state index in [0.717, 1.165) is 24.4 Å². The number of rotatable bonds is 6. The molecule has 0 saturated heterocycles. The van der Waals surface area contributed by atoms with Crippen LogP contribution in [-0.2, 0) is 0 Å². The van der Waals surface area contributed by atoms with Crippen molar-refractivity contribution in [2.45, 2.75) is 20.3 Å². The Kier molecular flexibility index (Phi) is 4.76. The highest BCUT2D eigenvalue weighted by atomic mass is 16.5. The van der Waals surface area contributed by atoms with Crippen LogP contribution < -0.4 is 14.8 Å². The highest BCUT2D eigenvalue weighted by Gasteiger charge is 2.05. The van der Waals surface area contributed by atoms with Gasteiger partial charge in [-0.3, -0.25) is 0 Å². The van der Waals surface area contributed by atoms with E-state index in [0.29, 0.717) is 17.6 Å². The Balaban J connectivity index is 2.17. The normalized spacial score (nSPS) is 10.2. The van der Waals surface area contributed by atoms with Gasteiger partial charge < -0.3 is 14.8 Å². The SMILES string of the molecule is CCCNc1nc(C)cc(Oc2cccc(OC)c2)n1.